The van der Waals surface area contributed by atoms with Crippen LogP contribution in [0.25, 0.3) is 5.32 Å². The van der Waals surface area contributed by atoms with Crippen LogP contribution in [0.2, 0.25) is 0 Å². The van der Waals surface area contributed by atoms with Gasteiger partial charge in [0.15, 0.2) is 5.78 Å². The van der Waals surface area contributed by atoms with E-state index in [0.717, 1.165) is 19.3 Å². The molecule has 7 nitrogen and oxygen atoms in total. The molecule has 1 aromatic carbocycles. The first kappa shape index (κ1) is 25.3. The van der Waals surface area contributed by atoms with Crippen LogP contribution in [-0.4, -0.2) is 43.1 Å². The Morgan fingerprint density at radius 1 is 1.14 bits per heavy atom. The molecular weight excluding hydrogens is 434 g/mol. The van der Waals surface area contributed by atoms with Crippen molar-refractivity contribution in [1.82, 2.24) is 5.32 Å². The molecule has 0 aliphatic heterocycles. The van der Waals surface area contributed by atoms with E-state index >= 15 is 0 Å². The molecule has 1 unspecified atom stereocenters. The largest absolute Gasteiger partial charge is 1.00 e. The standard InChI is InChI=1S/C20H26N2O5.Rb/c1-2-11-21-18(24)12-27-13-19(25)22-15-9-7-14(8-10-15)20(26)16-5-3-4-6-17(16)23;/h7-10,16H,2-6,11-13H2,1H3,(H2,21,22,24,25,26);/q;+1/p-1. The van der Waals surface area contributed by atoms with Crippen LogP contribution >= 0.6 is 0 Å². The summed E-state index contributed by atoms with van der Waals surface area (Å²) >= 11 is 0. The SMILES string of the molecule is CCCNC(=O)COCC(=O)[N-]c1ccc(C(=O)C2CCCCC2=O)cc1.[Rb+]. The van der Waals surface area contributed by atoms with Crippen LogP contribution in [0.3, 0.4) is 0 Å². The van der Waals surface area contributed by atoms with E-state index in [0.29, 0.717) is 30.6 Å². The molecule has 1 atom stereocenters. The summed E-state index contributed by atoms with van der Waals surface area (Å²) in [5, 5.41) is 6.51. The Morgan fingerprint density at radius 2 is 1.86 bits per heavy atom. The van der Waals surface area contributed by atoms with Crippen molar-refractivity contribution < 1.29 is 82.1 Å². The molecular formula is C20H25N2O5Rb. The minimum absolute atomic E-state index is 0. The second kappa shape index (κ2) is 13.5. The molecule has 1 fully saturated rings. The second-order valence-electron chi connectivity index (χ2n) is 6.52. The summed E-state index contributed by atoms with van der Waals surface area (Å²) in [7, 11) is 0. The van der Waals surface area contributed by atoms with Crippen molar-refractivity contribution in [3.05, 3.63) is 35.1 Å². The summed E-state index contributed by atoms with van der Waals surface area (Å²) in [4.78, 5) is 47.5. The third kappa shape index (κ3) is 8.33. The normalized spacial score (nSPS) is 16.0. The van der Waals surface area contributed by atoms with Crippen molar-refractivity contribution in [2.75, 3.05) is 19.8 Å². The number of nitrogens with one attached hydrogen (secondary N) is 1. The molecule has 146 valence electrons. The van der Waals surface area contributed by atoms with Crippen molar-refractivity contribution in [3.63, 3.8) is 0 Å². The minimum Gasteiger partial charge on any atom is -0.625 e. The van der Waals surface area contributed by atoms with Crippen molar-refractivity contribution in [1.29, 1.82) is 0 Å². The molecule has 1 N–H and O–H groups in total. The first-order valence-electron chi connectivity index (χ1n) is 9.27. The van der Waals surface area contributed by atoms with Gasteiger partial charge in [-0.3, -0.25) is 14.4 Å². The predicted octanol–water partition coefficient (Wildman–Crippen LogP) is -0.293. The van der Waals surface area contributed by atoms with Crippen LogP contribution in [0.4, 0.5) is 5.69 Å². The fourth-order valence-corrected chi connectivity index (χ4v) is 2.88. The Labute approximate surface area is 214 Å². The number of carbonyl (C=O) groups excluding carboxylic acids is 4. The smallest absolute Gasteiger partial charge is 0.625 e. The van der Waals surface area contributed by atoms with E-state index in [-0.39, 0.29) is 88.9 Å². The van der Waals surface area contributed by atoms with Gasteiger partial charge in [0.2, 0.25) is 5.91 Å². The number of hydrogen-bond acceptors (Lipinski definition) is 5. The van der Waals surface area contributed by atoms with Gasteiger partial charge in [-0.15, -0.1) is 5.69 Å². The number of carbonyl (C=O) groups is 4. The third-order valence-corrected chi connectivity index (χ3v) is 4.31. The van der Waals surface area contributed by atoms with Gasteiger partial charge >= 0.3 is 58.2 Å². The Balaban J connectivity index is 0.00000392. The van der Waals surface area contributed by atoms with Crippen molar-refractivity contribution in [2.45, 2.75) is 39.0 Å². The van der Waals surface area contributed by atoms with Crippen molar-refractivity contribution >= 4 is 29.1 Å². The predicted molar refractivity (Wildman–Crippen MR) is 99.9 cm³/mol. The monoisotopic (exact) mass is 458 g/mol. The van der Waals surface area contributed by atoms with Gasteiger partial charge in [0.25, 0.3) is 0 Å². The molecule has 0 aromatic heterocycles. The molecule has 8 heteroatoms. The Kier molecular flexibility index (Phi) is 12.2. The number of amides is 2. The zero-order chi connectivity index (χ0) is 19.6. The topological polar surface area (TPSA) is 104 Å². The molecule has 1 aliphatic rings. The molecule has 0 radical (unpaired) electrons. The van der Waals surface area contributed by atoms with E-state index in [4.69, 9.17) is 4.74 Å². The molecule has 2 rings (SSSR count). The summed E-state index contributed by atoms with van der Waals surface area (Å²) in [5.74, 6) is -1.49. The molecule has 0 heterocycles. The molecule has 1 aromatic rings. The molecule has 2 amide bonds. The minimum atomic E-state index is -0.546. The Morgan fingerprint density at radius 3 is 2.50 bits per heavy atom. The zero-order valence-electron chi connectivity index (χ0n) is 16.5. The maximum absolute atomic E-state index is 12.4. The van der Waals surface area contributed by atoms with Gasteiger partial charge < -0.3 is 20.2 Å². The molecule has 1 aliphatic carbocycles. The number of Topliss-reactive ketones (excluding diaryl/α,β-unsaturated/α-hetero) is 2. The van der Waals surface area contributed by atoms with Crippen LogP contribution < -0.4 is 63.5 Å². The average molecular weight is 459 g/mol. The van der Waals surface area contributed by atoms with Gasteiger partial charge in [-0.2, -0.15) is 0 Å². The number of ketones is 2. The second-order valence-corrected chi connectivity index (χ2v) is 6.52. The zero-order valence-corrected chi connectivity index (χ0v) is 21.4. The Bertz CT molecular complexity index is 690. The van der Waals surface area contributed by atoms with Crippen LogP contribution in [-0.2, 0) is 19.1 Å². The van der Waals surface area contributed by atoms with Gasteiger partial charge in [-0.1, -0.05) is 37.6 Å². The molecule has 0 bridgehead atoms. The maximum Gasteiger partial charge on any atom is 1.00 e. The number of ether oxygens (including phenoxy) is 1. The average Bonchev–Trinajstić information content (AvgIpc) is 2.67. The van der Waals surface area contributed by atoms with Crippen LogP contribution in [0.1, 0.15) is 49.4 Å². The van der Waals surface area contributed by atoms with Crippen molar-refractivity contribution in [3.8, 4) is 0 Å². The molecule has 28 heavy (non-hydrogen) atoms. The summed E-state index contributed by atoms with van der Waals surface area (Å²) < 4.78 is 5.03. The van der Waals surface area contributed by atoms with E-state index in [9.17, 15) is 19.2 Å². The van der Waals surface area contributed by atoms with Crippen LogP contribution in [0, 0.1) is 5.92 Å². The van der Waals surface area contributed by atoms with Gasteiger partial charge in [-0.05, 0) is 19.3 Å². The number of rotatable bonds is 9. The summed E-state index contributed by atoms with van der Waals surface area (Å²) in [6, 6.07) is 6.28. The number of nitrogens with zero attached hydrogens (tertiary/aromatic N) is 1. The fourth-order valence-electron chi connectivity index (χ4n) is 2.88. The van der Waals surface area contributed by atoms with E-state index in [1.165, 1.54) is 0 Å². The van der Waals surface area contributed by atoms with Crippen molar-refractivity contribution in [2.24, 2.45) is 5.92 Å². The molecule has 0 spiro atoms. The first-order chi connectivity index (χ1) is 13.0. The van der Waals surface area contributed by atoms with E-state index in [2.05, 4.69) is 10.6 Å². The maximum atomic E-state index is 12.4. The van der Waals surface area contributed by atoms with E-state index < -0.39 is 11.8 Å². The van der Waals surface area contributed by atoms with Gasteiger partial charge in [0, 0.05) is 18.5 Å². The third-order valence-electron chi connectivity index (χ3n) is 4.31. The van der Waals surface area contributed by atoms with Crippen LogP contribution in [0.5, 0.6) is 0 Å². The summed E-state index contributed by atoms with van der Waals surface area (Å²) in [6.45, 7) is 2.02. The summed E-state index contributed by atoms with van der Waals surface area (Å²) in [5.41, 5.74) is 0.844. The van der Waals surface area contributed by atoms with Gasteiger partial charge in [-0.25, -0.2) is 0 Å². The van der Waals surface area contributed by atoms with E-state index in [1.54, 1.807) is 24.3 Å². The molecule has 1 saturated carbocycles. The fraction of sp³-hybridized carbons (Fsp3) is 0.500. The molecule has 0 saturated heterocycles. The first-order valence-corrected chi connectivity index (χ1v) is 9.27. The van der Waals surface area contributed by atoms with Crippen LogP contribution in [0.15, 0.2) is 24.3 Å². The van der Waals surface area contributed by atoms with E-state index in [1.807, 2.05) is 6.92 Å². The summed E-state index contributed by atoms with van der Waals surface area (Å²) in [6.07, 6.45) is 3.64. The van der Waals surface area contributed by atoms with Gasteiger partial charge in [0.1, 0.15) is 12.4 Å². The number of hydrogen-bond donors (Lipinski definition) is 1. The quantitative estimate of drug-likeness (QED) is 0.404. The number of benzene rings is 1. The Hall–Kier alpha value is -0.735. The van der Waals surface area contributed by atoms with Gasteiger partial charge in [0.05, 0.1) is 18.4 Å².